The summed E-state index contributed by atoms with van der Waals surface area (Å²) in [5.41, 5.74) is 0. The number of hydrogen-bond donors (Lipinski definition) is 0. The normalized spacial score (nSPS) is 12.8. The summed E-state index contributed by atoms with van der Waals surface area (Å²) in [4.78, 5) is 38.3. The number of allylic oxidation sites excluding steroid dienone is 18. The molecule has 6 nitrogen and oxygen atoms in total. The first-order valence-corrected chi connectivity index (χ1v) is 33.9. The van der Waals surface area contributed by atoms with Gasteiger partial charge in [-0.1, -0.05) is 323 Å². The van der Waals surface area contributed by atoms with Gasteiger partial charge in [0.05, 0.1) is 0 Å². The van der Waals surface area contributed by atoms with E-state index in [1.807, 2.05) is 6.08 Å². The van der Waals surface area contributed by atoms with E-state index in [4.69, 9.17) is 14.2 Å². The third-order valence-corrected chi connectivity index (χ3v) is 14.5. The number of esters is 3. The van der Waals surface area contributed by atoms with Crippen LogP contribution < -0.4 is 0 Å². The van der Waals surface area contributed by atoms with E-state index in [0.29, 0.717) is 19.3 Å². The Kier molecular flexibility index (Phi) is 64.3. The van der Waals surface area contributed by atoms with Gasteiger partial charge in [0.2, 0.25) is 0 Å². The van der Waals surface area contributed by atoms with Crippen LogP contribution in [-0.2, 0) is 28.6 Å². The number of hydrogen-bond acceptors (Lipinski definition) is 6. The number of unbranched alkanes of at least 4 members (excludes halogenated alkanes) is 32. The summed E-state index contributed by atoms with van der Waals surface area (Å²) in [5, 5.41) is 0. The predicted molar refractivity (Wildman–Crippen MR) is 348 cm³/mol. The van der Waals surface area contributed by atoms with E-state index in [9.17, 15) is 14.4 Å². The molecule has 0 radical (unpaired) electrons. The summed E-state index contributed by atoms with van der Waals surface area (Å²) >= 11 is 0. The van der Waals surface area contributed by atoms with E-state index in [0.717, 1.165) is 96.3 Å². The molecule has 6 heteroatoms. The van der Waals surface area contributed by atoms with Crippen LogP contribution in [0.2, 0.25) is 0 Å². The van der Waals surface area contributed by atoms with Gasteiger partial charge >= 0.3 is 17.9 Å². The maximum Gasteiger partial charge on any atom is 0.306 e. The topological polar surface area (TPSA) is 78.9 Å². The van der Waals surface area contributed by atoms with Crippen LogP contribution in [-0.4, -0.2) is 37.2 Å². The van der Waals surface area contributed by atoms with Crippen molar-refractivity contribution in [3.05, 3.63) is 109 Å². The van der Waals surface area contributed by atoms with E-state index in [1.54, 1.807) is 0 Å². The van der Waals surface area contributed by atoms with Crippen LogP contribution >= 0.6 is 0 Å². The first-order valence-electron chi connectivity index (χ1n) is 33.9. The van der Waals surface area contributed by atoms with Crippen molar-refractivity contribution in [3.8, 4) is 0 Å². The quantitative estimate of drug-likeness (QED) is 0.0261. The lowest BCUT2D eigenvalue weighted by atomic mass is 10.0. The van der Waals surface area contributed by atoms with Crippen molar-refractivity contribution in [2.45, 2.75) is 329 Å². The molecule has 0 aliphatic carbocycles. The van der Waals surface area contributed by atoms with Crippen LogP contribution in [0.15, 0.2) is 109 Å². The van der Waals surface area contributed by atoms with Crippen LogP contribution in [0.3, 0.4) is 0 Å². The fourth-order valence-corrected chi connectivity index (χ4v) is 9.55. The first kappa shape index (κ1) is 76.1. The Bertz CT molecular complexity index is 1610. The number of carbonyl (C=O) groups excluding carboxylic acids is 3. The Morgan fingerprint density at radius 2 is 0.512 bits per heavy atom. The zero-order valence-electron chi connectivity index (χ0n) is 52.6. The maximum absolute atomic E-state index is 12.9. The highest BCUT2D eigenvalue weighted by Gasteiger charge is 2.19. The highest BCUT2D eigenvalue weighted by atomic mass is 16.6. The molecule has 458 valence electrons. The second-order valence-electron chi connectivity index (χ2n) is 22.3. The van der Waals surface area contributed by atoms with Gasteiger partial charge in [-0.05, 0) is 89.9 Å². The second kappa shape index (κ2) is 67.6. The van der Waals surface area contributed by atoms with Crippen LogP contribution in [0.1, 0.15) is 323 Å². The van der Waals surface area contributed by atoms with Crippen molar-refractivity contribution in [1.82, 2.24) is 0 Å². The van der Waals surface area contributed by atoms with E-state index in [2.05, 4.69) is 124 Å². The second-order valence-corrected chi connectivity index (χ2v) is 22.3. The van der Waals surface area contributed by atoms with Gasteiger partial charge in [0.1, 0.15) is 13.2 Å². The zero-order valence-corrected chi connectivity index (χ0v) is 52.6. The fraction of sp³-hybridized carbons (Fsp3) is 0.716. The molecule has 0 fully saturated rings. The molecule has 0 aliphatic rings. The van der Waals surface area contributed by atoms with Crippen LogP contribution in [0.4, 0.5) is 0 Å². The molecule has 0 saturated heterocycles. The van der Waals surface area contributed by atoms with E-state index in [-0.39, 0.29) is 44.0 Å². The number of carbonyl (C=O) groups is 3. The van der Waals surface area contributed by atoms with Gasteiger partial charge in [0, 0.05) is 19.3 Å². The maximum atomic E-state index is 12.9. The lowest BCUT2D eigenvalue weighted by Gasteiger charge is -2.18. The Hall–Kier alpha value is -3.93. The number of ether oxygens (including phenoxy) is 3. The lowest BCUT2D eigenvalue weighted by molar-refractivity contribution is -0.166. The summed E-state index contributed by atoms with van der Waals surface area (Å²) < 4.78 is 16.8. The van der Waals surface area contributed by atoms with Gasteiger partial charge in [0.25, 0.3) is 0 Å². The predicted octanol–water partition coefficient (Wildman–Crippen LogP) is 23.4. The third-order valence-electron chi connectivity index (χ3n) is 14.5. The Labute approximate surface area is 495 Å². The summed E-state index contributed by atoms with van der Waals surface area (Å²) in [6.07, 6.45) is 92.9. The fourth-order valence-electron chi connectivity index (χ4n) is 9.55. The van der Waals surface area contributed by atoms with Crippen molar-refractivity contribution in [2.24, 2.45) is 0 Å². The Balaban J connectivity index is 4.27. The molecule has 0 saturated carbocycles. The smallest absolute Gasteiger partial charge is 0.306 e. The van der Waals surface area contributed by atoms with E-state index in [1.165, 1.54) is 173 Å². The summed E-state index contributed by atoms with van der Waals surface area (Å²) in [7, 11) is 0. The van der Waals surface area contributed by atoms with Crippen molar-refractivity contribution >= 4 is 17.9 Å². The van der Waals surface area contributed by atoms with Crippen molar-refractivity contribution < 1.29 is 28.6 Å². The molecule has 1 atom stereocenters. The molecule has 0 heterocycles. The molecule has 1 unspecified atom stereocenters. The summed E-state index contributed by atoms with van der Waals surface area (Å²) in [6, 6.07) is 0. The van der Waals surface area contributed by atoms with Crippen LogP contribution in [0.25, 0.3) is 0 Å². The lowest BCUT2D eigenvalue weighted by Crippen LogP contribution is -2.30. The van der Waals surface area contributed by atoms with Crippen LogP contribution in [0, 0.1) is 0 Å². The van der Waals surface area contributed by atoms with Crippen molar-refractivity contribution in [3.63, 3.8) is 0 Å². The van der Waals surface area contributed by atoms with Gasteiger partial charge in [0.15, 0.2) is 6.10 Å². The van der Waals surface area contributed by atoms with Crippen molar-refractivity contribution in [2.75, 3.05) is 13.2 Å². The minimum atomic E-state index is -0.826. The molecule has 0 amide bonds. The van der Waals surface area contributed by atoms with Crippen molar-refractivity contribution in [1.29, 1.82) is 0 Å². The average Bonchev–Trinajstić information content (AvgIpc) is 3.46. The largest absolute Gasteiger partial charge is 0.462 e. The first-order chi connectivity index (χ1) is 39.5. The molecule has 0 aromatic carbocycles. The molecule has 0 bridgehead atoms. The van der Waals surface area contributed by atoms with Gasteiger partial charge < -0.3 is 14.2 Å². The monoisotopic (exact) mass is 1110 g/mol. The highest BCUT2D eigenvalue weighted by Crippen LogP contribution is 2.18. The standard InChI is InChI=1S/C74H126O6/c1-4-7-10-13-16-19-22-25-27-29-31-32-33-34-35-36-37-38-39-40-41-43-44-46-49-52-55-58-61-64-67-73(76)79-70-71(69-78-72(75)66-63-60-57-54-51-48-24-21-18-15-12-9-6-3)80-74(77)68-65-62-59-56-53-50-47-45-42-30-28-26-23-20-17-14-11-8-5-2/h8-9,11-12,17-18,20-21,26,28,42,45,48,50-51,53,57,60,71H,4-7,10,13-16,19,22-25,27,29-41,43-44,46-47,49,52,54-56,58-59,61-70H2,1-3H3/b11-8-,12-9-,20-17-,21-18-,28-26-,45-42-,51-48-,53-50-,60-57-. The van der Waals surface area contributed by atoms with Crippen LogP contribution in [0.5, 0.6) is 0 Å². The number of rotatable bonds is 61. The van der Waals surface area contributed by atoms with Gasteiger partial charge in [-0.25, -0.2) is 0 Å². The Morgan fingerprint density at radius 3 is 0.838 bits per heavy atom. The highest BCUT2D eigenvalue weighted by molar-refractivity contribution is 5.71. The molecular weight excluding hydrogens is 985 g/mol. The molecular formula is C74H126O6. The van der Waals surface area contributed by atoms with Gasteiger partial charge in [-0.3, -0.25) is 14.4 Å². The molecule has 0 aromatic rings. The summed E-state index contributed by atoms with van der Waals surface area (Å²) in [6.45, 7) is 6.35. The van der Waals surface area contributed by atoms with Gasteiger partial charge in [-0.2, -0.15) is 0 Å². The Morgan fingerprint density at radius 1 is 0.263 bits per heavy atom. The van der Waals surface area contributed by atoms with E-state index < -0.39 is 6.10 Å². The SMILES string of the molecule is CC/C=C\C/C=C\C/C=C\C/C=C\C/C=C\CCCCCC(=O)OC(COC(=O)CC/C=C\C/C=C\C/C=C\C/C=C\CC)COC(=O)CCCCCCCCCCCCCCCCCCCCCCCCCCCCCCCC. The third kappa shape index (κ3) is 64.9. The molecule has 0 N–H and O–H groups in total. The molecule has 0 spiro atoms. The minimum absolute atomic E-state index is 0.113. The van der Waals surface area contributed by atoms with E-state index >= 15 is 0 Å². The molecule has 80 heavy (non-hydrogen) atoms. The minimum Gasteiger partial charge on any atom is -0.462 e. The zero-order chi connectivity index (χ0) is 57.8. The molecule has 0 rings (SSSR count). The molecule has 0 aliphatic heterocycles. The summed E-state index contributed by atoms with van der Waals surface area (Å²) in [5.74, 6) is -1.02. The molecule has 0 aromatic heterocycles. The average molecular weight is 1110 g/mol. The van der Waals surface area contributed by atoms with Gasteiger partial charge in [-0.15, -0.1) is 0 Å².